The van der Waals surface area contributed by atoms with Crippen molar-refractivity contribution in [1.82, 2.24) is 5.32 Å². The highest BCUT2D eigenvalue weighted by atomic mass is 16.6. The standard InChI is InChI=1S/C28H45NO13/c1-8-9-10-11-12-13-23(35)28(27(36)37-7)14-21(39-18(4)32)24(29-16(2)30)26(42-28)25(41-20(6)34)22(40-19(5)33)15-38-17(3)31/h21-26,35H,8-15H2,1-7H3,(H,29,30)/t21-,22+,23?,24+,25+,26+,28-/m0/s1. The van der Waals surface area contributed by atoms with Gasteiger partial charge in [-0.15, -0.1) is 0 Å². The minimum Gasteiger partial charge on any atom is -0.467 e. The van der Waals surface area contributed by atoms with Gasteiger partial charge in [-0.3, -0.25) is 24.0 Å². The molecule has 0 radical (unpaired) electrons. The number of aliphatic hydroxyl groups is 1. The van der Waals surface area contributed by atoms with Gasteiger partial charge in [-0.05, 0) is 6.42 Å². The molecule has 1 saturated heterocycles. The molecule has 1 aliphatic heterocycles. The maximum absolute atomic E-state index is 13.4. The fourth-order valence-electron chi connectivity index (χ4n) is 4.99. The number of amides is 1. The SMILES string of the molecule is CCCCCCCC(O)[C@]1(C(=O)OC)C[C@H](OC(C)=O)[C@@H](NC(C)=O)[C@H]([C@H](OC(C)=O)[C@@H](COC(C)=O)OC(C)=O)O1. The topological polar surface area (TPSA) is 190 Å². The molecule has 14 nitrogen and oxygen atoms in total. The van der Waals surface area contributed by atoms with Crippen LogP contribution in [0.25, 0.3) is 0 Å². The summed E-state index contributed by atoms with van der Waals surface area (Å²) in [6.07, 6.45) is -3.61. The van der Waals surface area contributed by atoms with Gasteiger partial charge in [-0.25, -0.2) is 4.79 Å². The van der Waals surface area contributed by atoms with Crippen LogP contribution in [-0.2, 0) is 57.2 Å². The van der Waals surface area contributed by atoms with E-state index >= 15 is 0 Å². The smallest absolute Gasteiger partial charge is 0.341 e. The van der Waals surface area contributed by atoms with E-state index in [2.05, 4.69) is 12.2 Å². The number of carbonyl (C=O) groups excluding carboxylic acids is 6. The molecule has 0 aromatic rings. The second-order valence-electron chi connectivity index (χ2n) is 10.3. The zero-order valence-electron chi connectivity index (χ0n) is 25.5. The molecule has 0 bridgehead atoms. The average molecular weight is 604 g/mol. The third-order valence-electron chi connectivity index (χ3n) is 6.70. The van der Waals surface area contributed by atoms with E-state index in [1.165, 1.54) is 6.92 Å². The molecule has 0 saturated carbocycles. The molecule has 0 spiro atoms. The van der Waals surface area contributed by atoms with Gasteiger partial charge in [0.15, 0.2) is 17.8 Å². The lowest BCUT2D eigenvalue weighted by molar-refractivity contribution is -0.260. The van der Waals surface area contributed by atoms with Crippen molar-refractivity contribution in [1.29, 1.82) is 0 Å². The fraction of sp³-hybridized carbons (Fsp3) is 0.786. The predicted octanol–water partition coefficient (Wildman–Crippen LogP) is 1.27. The van der Waals surface area contributed by atoms with Crippen LogP contribution in [0.2, 0.25) is 0 Å². The van der Waals surface area contributed by atoms with Crippen LogP contribution < -0.4 is 5.32 Å². The second-order valence-corrected chi connectivity index (χ2v) is 10.3. The lowest BCUT2D eigenvalue weighted by atomic mass is 9.79. The quantitative estimate of drug-likeness (QED) is 0.146. The van der Waals surface area contributed by atoms with Crippen LogP contribution in [-0.4, -0.2) is 96.7 Å². The molecule has 42 heavy (non-hydrogen) atoms. The summed E-state index contributed by atoms with van der Waals surface area (Å²) in [5, 5.41) is 14.0. The van der Waals surface area contributed by atoms with Crippen molar-refractivity contribution in [2.24, 2.45) is 0 Å². The third-order valence-corrected chi connectivity index (χ3v) is 6.70. The average Bonchev–Trinajstić information content (AvgIpc) is 2.89. The van der Waals surface area contributed by atoms with Crippen LogP contribution in [0.15, 0.2) is 0 Å². The van der Waals surface area contributed by atoms with E-state index in [-0.39, 0.29) is 6.42 Å². The molecular formula is C28H45NO13. The van der Waals surface area contributed by atoms with Crippen LogP contribution in [0.1, 0.15) is 86.5 Å². The number of unbranched alkanes of at least 4 members (excludes halogenated alkanes) is 4. The number of ether oxygens (including phenoxy) is 6. The van der Waals surface area contributed by atoms with E-state index in [9.17, 15) is 33.9 Å². The largest absolute Gasteiger partial charge is 0.467 e. The van der Waals surface area contributed by atoms with Crippen molar-refractivity contribution >= 4 is 35.8 Å². The van der Waals surface area contributed by atoms with E-state index in [4.69, 9.17) is 28.4 Å². The van der Waals surface area contributed by atoms with Crippen molar-refractivity contribution in [3.8, 4) is 0 Å². The molecule has 14 heteroatoms. The van der Waals surface area contributed by atoms with Crippen molar-refractivity contribution in [3.05, 3.63) is 0 Å². The maximum Gasteiger partial charge on any atom is 0.341 e. The Morgan fingerprint density at radius 2 is 1.52 bits per heavy atom. The molecule has 1 unspecified atom stereocenters. The molecule has 1 aliphatic rings. The summed E-state index contributed by atoms with van der Waals surface area (Å²) >= 11 is 0. The number of hydrogen-bond acceptors (Lipinski definition) is 13. The van der Waals surface area contributed by atoms with Gasteiger partial charge in [0.2, 0.25) is 5.91 Å². The summed E-state index contributed by atoms with van der Waals surface area (Å²) in [6.45, 7) is 7.00. The first-order valence-electron chi connectivity index (χ1n) is 14.0. The van der Waals surface area contributed by atoms with Gasteiger partial charge < -0.3 is 38.8 Å². The van der Waals surface area contributed by atoms with E-state index in [0.717, 1.165) is 60.5 Å². The lowest BCUT2D eigenvalue weighted by Gasteiger charge is -2.50. The van der Waals surface area contributed by atoms with E-state index in [1.807, 2.05) is 0 Å². The Morgan fingerprint density at radius 3 is 2.02 bits per heavy atom. The van der Waals surface area contributed by atoms with Crippen molar-refractivity contribution in [3.63, 3.8) is 0 Å². The molecule has 240 valence electrons. The second kappa shape index (κ2) is 17.6. The van der Waals surface area contributed by atoms with Gasteiger partial charge in [-0.2, -0.15) is 0 Å². The lowest BCUT2D eigenvalue weighted by Crippen LogP contribution is -2.71. The Morgan fingerprint density at radius 1 is 0.905 bits per heavy atom. The van der Waals surface area contributed by atoms with Gasteiger partial charge in [-0.1, -0.05) is 39.0 Å². The number of rotatable bonds is 16. The molecule has 1 amide bonds. The third kappa shape index (κ3) is 11.2. The Labute approximate surface area is 246 Å². The number of carbonyl (C=O) groups is 6. The summed E-state index contributed by atoms with van der Waals surface area (Å²) in [5.41, 5.74) is -2.15. The zero-order valence-corrected chi connectivity index (χ0v) is 25.5. The predicted molar refractivity (Wildman–Crippen MR) is 145 cm³/mol. The molecule has 0 aliphatic carbocycles. The zero-order chi connectivity index (χ0) is 32.0. The molecule has 0 aromatic heterocycles. The summed E-state index contributed by atoms with van der Waals surface area (Å²) in [4.78, 5) is 73.8. The highest BCUT2D eigenvalue weighted by Crippen LogP contribution is 2.39. The van der Waals surface area contributed by atoms with Crippen LogP contribution >= 0.6 is 0 Å². The van der Waals surface area contributed by atoms with Crippen LogP contribution in [0, 0.1) is 0 Å². The van der Waals surface area contributed by atoms with Crippen LogP contribution in [0.3, 0.4) is 0 Å². The van der Waals surface area contributed by atoms with Gasteiger partial charge in [0.05, 0.1) is 19.3 Å². The molecule has 0 aromatic carbocycles. The number of aliphatic hydroxyl groups excluding tert-OH is 1. The number of nitrogens with one attached hydrogen (secondary N) is 1. The highest BCUT2D eigenvalue weighted by molar-refractivity contribution is 5.81. The minimum atomic E-state index is -2.15. The van der Waals surface area contributed by atoms with E-state index in [1.54, 1.807) is 0 Å². The first kappa shape index (κ1) is 36.8. The van der Waals surface area contributed by atoms with Crippen molar-refractivity contribution < 1.29 is 62.3 Å². The number of methoxy groups -OCH3 is 1. The maximum atomic E-state index is 13.4. The summed E-state index contributed by atoms with van der Waals surface area (Å²) < 4.78 is 32.7. The molecule has 1 fully saturated rings. The Bertz CT molecular complexity index is 954. The van der Waals surface area contributed by atoms with Crippen LogP contribution in [0.4, 0.5) is 0 Å². The highest BCUT2D eigenvalue weighted by Gasteiger charge is 2.60. The first-order valence-corrected chi connectivity index (χ1v) is 14.0. The number of esters is 5. The van der Waals surface area contributed by atoms with E-state index in [0.29, 0.717) is 6.42 Å². The summed E-state index contributed by atoms with van der Waals surface area (Å²) in [7, 11) is 1.09. The monoisotopic (exact) mass is 603 g/mol. The Balaban J connectivity index is 3.79. The minimum absolute atomic E-state index is 0.0994. The first-order chi connectivity index (χ1) is 19.7. The summed E-state index contributed by atoms with van der Waals surface area (Å²) in [6, 6.07) is -1.28. The molecule has 7 atom stereocenters. The molecular weight excluding hydrogens is 558 g/mol. The van der Waals surface area contributed by atoms with Gasteiger partial charge in [0.1, 0.15) is 18.8 Å². The Kier molecular flexibility index (Phi) is 15.4. The Hall–Kier alpha value is -3.26. The van der Waals surface area contributed by atoms with Crippen molar-refractivity contribution in [2.45, 2.75) is 129 Å². The van der Waals surface area contributed by atoms with Crippen molar-refractivity contribution in [2.75, 3.05) is 13.7 Å². The number of hydrogen-bond donors (Lipinski definition) is 2. The van der Waals surface area contributed by atoms with Gasteiger partial charge in [0, 0.05) is 41.0 Å². The fourth-order valence-corrected chi connectivity index (χ4v) is 4.99. The molecule has 2 N–H and O–H groups in total. The molecule has 1 heterocycles. The normalized spacial score (nSPS) is 23.9. The van der Waals surface area contributed by atoms with Crippen LogP contribution in [0.5, 0.6) is 0 Å². The van der Waals surface area contributed by atoms with Gasteiger partial charge in [0.25, 0.3) is 0 Å². The molecule has 1 rings (SSSR count). The van der Waals surface area contributed by atoms with Gasteiger partial charge >= 0.3 is 29.8 Å². The summed E-state index contributed by atoms with van der Waals surface area (Å²) in [5.74, 6) is -4.82. The van der Waals surface area contributed by atoms with E-state index < -0.39 is 90.9 Å².